The summed E-state index contributed by atoms with van der Waals surface area (Å²) in [5.74, 6) is -0.553. The van der Waals surface area contributed by atoms with Crippen molar-refractivity contribution in [3.05, 3.63) is 32.4 Å². The van der Waals surface area contributed by atoms with Gasteiger partial charge in [0.15, 0.2) is 0 Å². The zero-order valence-electron chi connectivity index (χ0n) is 9.85. The fraction of sp³-hybridized carbons (Fsp3) is 0.273. The summed E-state index contributed by atoms with van der Waals surface area (Å²) in [5, 5.41) is 6.89. The van der Waals surface area contributed by atoms with Crippen LogP contribution in [0.2, 0.25) is 0 Å². The predicted octanol–water partition coefficient (Wildman–Crippen LogP) is 3.04. The summed E-state index contributed by atoms with van der Waals surface area (Å²) in [6.07, 6.45) is 0. The number of alkyl halides is 2. The lowest BCUT2D eigenvalue weighted by Gasteiger charge is -2.06. The maximum absolute atomic E-state index is 12.1. The summed E-state index contributed by atoms with van der Waals surface area (Å²) < 4.78 is 28.5. The van der Waals surface area contributed by atoms with Crippen molar-refractivity contribution in [2.24, 2.45) is 0 Å². The molecule has 2 heterocycles. The molecule has 2 aromatic heterocycles. The third-order valence-electron chi connectivity index (χ3n) is 2.15. The SMILES string of the molecule is Cc1nc(CNC(=O)c2sccc2OC(F)F)cs1. The van der Waals surface area contributed by atoms with Crippen LogP contribution >= 0.6 is 22.7 Å². The Balaban J connectivity index is 1.98. The highest BCUT2D eigenvalue weighted by atomic mass is 32.1. The molecule has 0 fully saturated rings. The van der Waals surface area contributed by atoms with E-state index < -0.39 is 12.5 Å². The molecule has 1 amide bonds. The molecule has 19 heavy (non-hydrogen) atoms. The molecular formula is C11H10F2N2O2S2. The Morgan fingerprint density at radius 1 is 1.53 bits per heavy atom. The molecule has 0 unspecified atom stereocenters. The zero-order chi connectivity index (χ0) is 13.8. The van der Waals surface area contributed by atoms with Crippen molar-refractivity contribution >= 4 is 28.6 Å². The number of aryl methyl sites for hydroxylation is 1. The van der Waals surface area contributed by atoms with Gasteiger partial charge in [0.25, 0.3) is 5.91 Å². The third kappa shape index (κ3) is 3.71. The molecule has 4 nitrogen and oxygen atoms in total. The minimum Gasteiger partial charge on any atom is -0.433 e. The van der Waals surface area contributed by atoms with Crippen LogP contribution in [0.15, 0.2) is 16.8 Å². The largest absolute Gasteiger partial charge is 0.433 e. The summed E-state index contributed by atoms with van der Waals surface area (Å²) in [7, 11) is 0. The molecule has 0 aliphatic carbocycles. The molecule has 2 aromatic rings. The second kappa shape index (κ2) is 6.07. The maximum atomic E-state index is 12.1. The van der Waals surface area contributed by atoms with Gasteiger partial charge in [-0.05, 0) is 18.4 Å². The average molecular weight is 304 g/mol. The van der Waals surface area contributed by atoms with E-state index in [1.807, 2.05) is 12.3 Å². The van der Waals surface area contributed by atoms with E-state index in [4.69, 9.17) is 0 Å². The van der Waals surface area contributed by atoms with Gasteiger partial charge < -0.3 is 10.1 Å². The van der Waals surface area contributed by atoms with Crippen molar-refractivity contribution in [3.8, 4) is 5.75 Å². The van der Waals surface area contributed by atoms with Gasteiger partial charge in [0.2, 0.25) is 0 Å². The van der Waals surface area contributed by atoms with Crippen LogP contribution in [0, 0.1) is 6.92 Å². The van der Waals surface area contributed by atoms with Crippen LogP contribution in [-0.2, 0) is 6.54 Å². The molecule has 0 aliphatic rings. The summed E-state index contributed by atoms with van der Waals surface area (Å²) in [6.45, 7) is -0.818. The molecule has 1 N–H and O–H groups in total. The first kappa shape index (κ1) is 13.9. The Bertz CT molecular complexity index is 569. The number of amides is 1. The lowest BCUT2D eigenvalue weighted by atomic mass is 10.4. The van der Waals surface area contributed by atoms with Crippen LogP contribution in [0.5, 0.6) is 5.75 Å². The standard InChI is InChI=1S/C11H10F2N2O2S2/c1-6-15-7(5-19-6)4-14-10(16)9-8(2-3-18-9)17-11(12)13/h2-3,5,11H,4H2,1H3,(H,14,16). The second-order valence-electron chi connectivity index (χ2n) is 3.53. The number of halogens is 2. The Morgan fingerprint density at radius 2 is 2.32 bits per heavy atom. The molecule has 0 spiro atoms. The van der Waals surface area contributed by atoms with Crippen molar-refractivity contribution in [2.75, 3.05) is 0 Å². The zero-order valence-corrected chi connectivity index (χ0v) is 11.5. The van der Waals surface area contributed by atoms with Gasteiger partial charge >= 0.3 is 6.61 Å². The number of nitrogens with zero attached hydrogens (tertiary/aromatic N) is 1. The monoisotopic (exact) mass is 304 g/mol. The minimum absolute atomic E-state index is 0.105. The van der Waals surface area contributed by atoms with Gasteiger partial charge in [0.1, 0.15) is 10.6 Å². The van der Waals surface area contributed by atoms with Crippen LogP contribution in [0.3, 0.4) is 0 Å². The molecule has 0 radical (unpaired) electrons. The molecule has 0 saturated carbocycles. The maximum Gasteiger partial charge on any atom is 0.387 e. The topological polar surface area (TPSA) is 51.2 Å². The summed E-state index contributed by atoms with van der Waals surface area (Å²) >= 11 is 2.53. The van der Waals surface area contributed by atoms with E-state index in [-0.39, 0.29) is 17.2 Å². The highest BCUT2D eigenvalue weighted by molar-refractivity contribution is 7.12. The predicted molar refractivity (Wildman–Crippen MR) is 69.0 cm³/mol. The van der Waals surface area contributed by atoms with Gasteiger partial charge in [-0.1, -0.05) is 0 Å². The van der Waals surface area contributed by atoms with Gasteiger partial charge in [0.05, 0.1) is 17.2 Å². The Kier molecular flexibility index (Phi) is 4.43. The van der Waals surface area contributed by atoms with Gasteiger partial charge in [-0.3, -0.25) is 4.79 Å². The first-order valence-corrected chi connectivity index (χ1v) is 7.03. The van der Waals surface area contributed by atoms with E-state index in [1.165, 1.54) is 22.8 Å². The van der Waals surface area contributed by atoms with Crippen molar-refractivity contribution < 1.29 is 18.3 Å². The Morgan fingerprint density at radius 3 is 2.95 bits per heavy atom. The number of rotatable bonds is 5. The van der Waals surface area contributed by atoms with Crippen LogP contribution in [-0.4, -0.2) is 17.5 Å². The normalized spacial score (nSPS) is 10.7. The Labute approximate surface area is 116 Å². The highest BCUT2D eigenvalue weighted by Crippen LogP contribution is 2.26. The highest BCUT2D eigenvalue weighted by Gasteiger charge is 2.17. The third-order valence-corrected chi connectivity index (χ3v) is 3.86. The smallest absolute Gasteiger partial charge is 0.387 e. The number of thiophene rings is 1. The fourth-order valence-electron chi connectivity index (χ4n) is 1.39. The van der Waals surface area contributed by atoms with Crippen molar-refractivity contribution in [1.82, 2.24) is 10.3 Å². The van der Waals surface area contributed by atoms with E-state index in [1.54, 1.807) is 0 Å². The minimum atomic E-state index is -2.94. The van der Waals surface area contributed by atoms with Crippen molar-refractivity contribution in [2.45, 2.75) is 20.1 Å². The lowest BCUT2D eigenvalue weighted by Crippen LogP contribution is -2.22. The fourth-order valence-corrected chi connectivity index (χ4v) is 2.74. The van der Waals surface area contributed by atoms with E-state index in [0.29, 0.717) is 0 Å². The number of nitrogens with one attached hydrogen (secondary N) is 1. The molecule has 2 rings (SSSR count). The summed E-state index contributed by atoms with van der Waals surface area (Å²) in [6, 6.07) is 1.35. The van der Waals surface area contributed by atoms with Gasteiger partial charge in [-0.25, -0.2) is 4.98 Å². The molecule has 0 atom stereocenters. The van der Waals surface area contributed by atoms with E-state index in [0.717, 1.165) is 22.0 Å². The second-order valence-corrected chi connectivity index (χ2v) is 5.51. The number of aromatic nitrogens is 1. The molecular weight excluding hydrogens is 294 g/mol. The van der Waals surface area contributed by atoms with Gasteiger partial charge in [0, 0.05) is 5.38 Å². The van der Waals surface area contributed by atoms with Crippen LogP contribution in [0.25, 0.3) is 0 Å². The first-order chi connectivity index (χ1) is 9.06. The number of hydrogen-bond donors (Lipinski definition) is 1. The first-order valence-electron chi connectivity index (χ1n) is 5.28. The van der Waals surface area contributed by atoms with Gasteiger partial charge in [-0.2, -0.15) is 8.78 Å². The van der Waals surface area contributed by atoms with E-state index in [2.05, 4.69) is 15.0 Å². The van der Waals surface area contributed by atoms with Crippen molar-refractivity contribution in [3.63, 3.8) is 0 Å². The van der Waals surface area contributed by atoms with Gasteiger partial charge in [-0.15, -0.1) is 22.7 Å². The summed E-state index contributed by atoms with van der Waals surface area (Å²) in [5.41, 5.74) is 0.740. The Hall–Kier alpha value is -1.54. The lowest BCUT2D eigenvalue weighted by molar-refractivity contribution is -0.0498. The van der Waals surface area contributed by atoms with E-state index >= 15 is 0 Å². The number of carbonyl (C=O) groups excluding carboxylic acids is 1. The number of carbonyl (C=O) groups is 1. The van der Waals surface area contributed by atoms with Crippen molar-refractivity contribution in [1.29, 1.82) is 0 Å². The quantitative estimate of drug-likeness (QED) is 0.923. The van der Waals surface area contributed by atoms with Crippen LogP contribution in [0.4, 0.5) is 8.78 Å². The average Bonchev–Trinajstić information content (AvgIpc) is 2.94. The summed E-state index contributed by atoms with van der Waals surface area (Å²) in [4.78, 5) is 16.2. The molecule has 0 saturated heterocycles. The molecule has 0 aliphatic heterocycles. The molecule has 8 heteroatoms. The molecule has 0 bridgehead atoms. The van der Waals surface area contributed by atoms with Crippen LogP contribution in [0.1, 0.15) is 20.4 Å². The number of thiazole rings is 1. The van der Waals surface area contributed by atoms with Crippen LogP contribution < -0.4 is 10.1 Å². The molecule has 0 aromatic carbocycles. The number of hydrogen-bond acceptors (Lipinski definition) is 5. The molecule has 102 valence electrons. The number of ether oxygens (including phenoxy) is 1. The van der Waals surface area contributed by atoms with E-state index in [9.17, 15) is 13.6 Å².